The number of aryl methyl sites for hydroxylation is 1. The van der Waals surface area contributed by atoms with Crippen molar-refractivity contribution < 1.29 is 14.3 Å². The largest absolute Gasteiger partial charge is 0.385 e. The fourth-order valence-electron chi connectivity index (χ4n) is 2.01. The molecule has 0 aliphatic heterocycles. The van der Waals surface area contributed by atoms with Crippen molar-refractivity contribution in [3.8, 4) is 0 Å². The number of anilines is 1. The molecule has 0 fully saturated rings. The summed E-state index contributed by atoms with van der Waals surface area (Å²) in [6.45, 7) is 5.10. The highest BCUT2D eigenvalue weighted by Crippen LogP contribution is 2.16. The summed E-state index contributed by atoms with van der Waals surface area (Å²) in [5.74, 6) is -0.113. The summed E-state index contributed by atoms with van der Waals surface area (Å²) in [7, 11) is 1.63. The minimum absolute atomic E-state index is 0.0509. The molecule has 0 unspecified atom stereocenters. The molecule has 1 N–H and O–H groups in total. The minimum atomic E-state index is -0.0622. The summed E-state index contributed by atoms with van der Waals surface area (Å²) >= 11 is 0. The Bertz CT molecular complexity index is 474. The van der Waals surface area contributed by atoms with E-state index in [9.17, 15) is 9.59 Å². The van der Waals surface area contributed by atoms with E-state index in [0.29, 0.717) is 26.1 Å². The molecule has 0 saturated heterocycles. The van der Waals surface area contributed by atoms with Crippen LogP contribution in [0.2, 0.25) is 0 Å². The summed E-state index contributed by atoms with van der Waals surface area (Å²) in [5, 5.41) is 2.82. The lowest BCUT2D eigenvalue weighted by atomic mass is 10.2. The highest BCUT2D eigenvalue weighted by atomic mass is 16.5. The van der Waals surface area contributed by atoms with Crippen LogP contribution in [-0.2, 0) is 14.3 Å². The first-order valence-electron chi connectivity index (χ1n) is 7.15. The molecule has 0 aliphatic rings. The topological polar surface area (TPSA) is 58.6 Å². The van der Waals surface area contributed by atoms with Crippen molar-refractivity contribution in [2.24, 2.45) is 0 Å². The van der Waals surface area contributed by atoms with Crippen LogP contribution in [0.5, 0.6) is 0 Å². The van der Waals surface area contributed by atoms with E-state index >= 15 is 0 Å². The van der Waals surface area contributed by atoms with Crippen LogP contribution in [0.1, 0.15) is 25.3 Å². The molecule has 5 heteroatoms. The Balaban J connectivity index is 2.49. The molecule has 1 aromatic carbocycles. The van der Waals surface area contributed by atoms with Gasteiger partial charge in [-0.25, -0.2) is 0 Å². The number of hydrogen-bond acceptors (Lipinski definition) is 3. The average molecular weight is 292 g/mol. The van der Waals surface area contributed by atoms with E-state index in [2.05, 4.69) is 5.32 Å². The third kappa shape index (κ3) is 6.40. The summed E-state index contributed by atoms with van der Waals surface area (Å²) in [4.78, 5) is 25.1. The molecule has 0 aromatic heterocycles. The second-order valence-corrected chi connectivity index (χ2v) is 4.96. The van der Waals surface area contributed by atoms with Crippen molar-refractivity contribution in [2.45, 2.75) is 26.7 Å². The maximum atomic E-state index is 11.7. The van der Waals surface area contributed by atoms with Crippen LogP contribution < -0.4 is 10.2 Å². The van der Waals surface area contributed by atoms with Crippen LogP contribution in [0.3, 0.4) is 0 Å². The van der Waals surface area contributed by atoms with Crippen LogP contribution in [0.15, 0.2) is 24.3 Å². The highest BCUT2D eigenvalue weighted by Gasteiger charge is 2.13. The molecule has 1 aromatic rings. The van der Waals surface area contributed by atoms with Crippen molar-refractivity contribution >= 4 is 17.5 Å². The van der Waals surface area contributed by atoms with Gasteiger partial charge in [-0.15, -0.1) is 0 Å². The molecule has 0 bridgehead atoms. The Kier molecular flexibility index (Phi) is 7.46. The van der Waals surface area contributed by atoms with Crippen LogP contribution in [0, 0.1) is 6.92 Å². The average Bonchev–Trinajstić information content (AvgIpc) is 2.43. The predicted octanol–water partition coefficient (Wildman–Crippen LogP) is 1.89. The van der Waals surface area contributed by atoms with Gasteiger partial charge in [0.2, 0.25) is 11.8 Å². The zero-order chi connectivity index (χ0) is 15.7. The molecule has 5 nitrogen and oxygen atoms in total. The fraction of sp³-hybridized carbons (Fsp3) is 0.500. The highest BCUT2D eigenvalue weighted by molar-refractivity contribution is 5.92. The molecule has 2 amide bonds. The van der Waals surface area contributed by atoms with E-state index in [-0.39, 0.29) is 11.8 Å². The number of carbonyl (C=O) groups excluding carboxylic acids is 2. The van der Waals surface area contributed by atoms with Crippen molar-refractivity contribution in [1.82, 2.24) is 5.32 Å². The lowest BCUT2D eigenvalue weighted by molar-refractivity contribution is -0.121. The SMILES string of the molecule is COCCCNC(=O)CCN(C(C)=O)c1cccc(C)c1. The van der Waals surface area contributed by atoms with E-state index < -0.39 is 0 Å². The molecule has 0 spiro atoms. The molecule has 1 rings (SSSR count). The van der Waals surface area contributed by atoms with Crippen LogP contribution in [0.4, 0.5) is 5.69 Å². The summed E-state index contributed by atoms with van der Waals surface area (Å²) < 4.78 is 4.92. The molecule has 21 heavy (non-hydrogen) atoms. The lowest BCUT2D eigenvalue weighted by Gasteiger charge is -2.21. The van der Waals surface area contributed by atoms with Crippen LogP contribution in [-0.4, -0.2) is 38.6 Å². The van der Waals surface area contributed by atoms with Gasteiger partial charge < -0.3 is 15.0 Å². The molecule has 0 atom stereocenters. The monoisotopic (exact) mass is 292 g/mol. The number of benzene rings is 1. The molecule has 0 radical (unpaired) electrons. The first-order chi connectivity index (χ1) is 10.0. The van der Waals surface area contributed by atoms with Crippen molar-refractivity contribution in [3.63, 3.8) is 0 Å². The number of methoxy groups -OCH3 is 1. The fourth-order valence-corrected chi connectivity index (χ4v) is 2.01. The maximum Gasteiger partial charge on any atom is 0.223 e. The third-order valence-corrected chi connectivity index (χ3v) is 3.10. The molecule has 116 valence electrons. The van der Waals surface area contributed by atoms with Gasteiger partial charge in [-0.3, -0.25) is 9.59 Å². The normalized spacial score (nSPS) is 10.2. The Hall–Kier alpha value is -1.88. The first-order valence-corrected chi connectivity index (χ1v) is 7.15. The van der Waals surface area contributed by atoms with Crippen molar-refractivity contribution in [3.05, 3.63) is 29.8 Å². The predicted molar refractivity (Wildman–Crippen MR) is 83.3 cm³/mol. The Morgan fingerprint density at radius 3 is 2.71 bits per heavy atom. The van der Waals surface area contributed by atoms with Gasteiger partial charge in [-0.2, -0.15) is 0 Å². The summed E-state index contributed by atoms with van der Waals surface area (Å²) in [6.07, 6.45) is 1.08. The van der Waals surface area contributed by atoms with Gasteiger partial charge >= 0.3 is 0 Å². The Labute approximate surface area is 126 Å². The minimum Gasteiger partial charge on any atom is -0.385 e. The third-order valence-electron chi connectivity index (χ3n) is 3.10. The molecule has 0 heterocycles. The molecule has 0 saturated carbocycles. The van der Waals surface area contributed by atoms with E-state index in [1.165, 1.54) is 6.92 Å². The van der Waals surface area contributed by atoms with Gasteiger partial charge in [0.1, 0.15) is 0 Å². The number of amides is 2. The van der Waals surface area contributed by atoms with Gasteiger partial charge in [0.25, 0.3) is 0 Å². The van der Waals surface area contributed by atoms with Crippen LogP contribution >= 0.6 is 0 Å². The zero-order valence-corrected chi connectivity index (χ0v) is 13.0. The second-order valence-electron chi connectivity index (χ2n) is 4.96. The maximum absolute atomic E-state index is 11.7. The van der Waals surface area contributed by atoms with Gasteiger partial charge in [0.05, 0.1) is 0 Å². The molecular formula is C16H24N2O3. The summed E-state index contributed by atoms with van der Waals surface area (Å²) in [6, 6.07) is 7.71. The van der Waals surface area contributed by atoms with Crippen LogP contribution in [0.25, 0.3) is 0 Å². The van der Waals surface area contributed by atoms with Crippen molar-refractivity contribution in [1.29, 1.82) is 0 Å². The van der Waals surface area contributed by atoms with Gasteiger partial charge in [-0.05, 0) is 31.0 Å². The first kappa shape index (κ1) is 17.2. The number of rotatable bonds is 8. The van der Waals surface area contributed by atoms with E-state index in [4.69, 9.17) is 4.74 Å². The second kappa shape index (κ2) is 9.13. The Morgan fingerprint density at radius 1 is 1.33 bits per heavy atom. The Morgan fingerprint density at radius 2 is 2.10 bits per heavy atom. The van der Waals surface area contributed by atoms with Gasteiger partial charge in [0.15, 0.2) is 0 Å². The van der Waals surface area contributed by atoms with E-state index in [1.807, 2.05) is 31.2 Å². The lowest BCUT2D eigenvalue weighted by Crippen LogP contribution is -2.34. The number of ether oxygens (including phenoxy) is 1. The van der Waals surface area contributed by atoms with Gasteiger partial charge in [-0.1, -0.05) is 12.1 Å². The standard InChI is InChI=1S/C16H24N2O3/c1-13-6-4-7-15(12-13)18(14(2)19)10-8-16(20)17-9-5-11-21-3/h4,6-7,12H,5,8-11H2,1-3H3,(H,17,20). The zero-order valence-electron chi connectivity index (χ0n) is 13.0. The van der Waals surface area contributed by atoms with Crippen molar-refractivity contribution in [2.75, 3.05) is 31.7 Å². The van der Waals surface area contributed by atoms with Gasteiger partial charge in [0, 0.05) is 45.8 Å². The smallest absolute Gasteiger partial charge is 0.223 e. The molecule has 0 aliphatic carbocycles. The number of hydrogen-bond donors (Lipinski definition) is 1. The molecular weight excluding hydrogens is 268 g/mol. The summed E-state index contributed by atoms with van der Waals surface area (Å²) in [5.41, 5.74) is 1.91. The quantitative estimate of drug-likeness (QED) is 0.744. The number of nitrogens with one attached hydrogen (secondary N) is 1. The number of nitrogens with zero attached hydrogens (tertiary/aromatic N) is 1. The number of carbonyl (C=O) groups is 2. The van der Waals surface area contributed by atoms with E-state index in [1.54, 1.807) is 12.0 Å². The van der Waals surface area contributed by atoms with E-state index in [0.717, 1.165) is 17.7 Å².